The fourth-order valence-electron chi connectivity index (χ4n) is 1.33. The lowest BCUT2D eigenvalue weighted by molar-refractivity contribution is 0.0697. The first-order valence-electron chi connectivity index (χ1n) is 5.17. The molecule has 0 saturated heterocycles. The topological polar surface area (TPSA) is 72.3 Å². The molecule has 1 atom stereocenters. The molecule has 18 heavy (non-hydrogen) atoms. The van der Waals surface area contributed by atoms with Gasteiger partial charge in [-0.1, -0.05) is 4.49 Å². The van der Waals surface area contributed by atoms with Gasteiger partial charge in [0.2, 0.25) is 0 Å². The Morgan fingerprint density at radius 1 is 1.39 bits per heavy atom. The molecule has 1 heterocycles. The molecule has 1 unspecified atom stereocenters. The number of rotatable bonds is 5. The molecule has 0 fully saturated rings. The van der Waals surface area contributed by atoms with Crippen LogP contribution in [0.4, 0.5) is 0 Å². The highest BCUT2D eigenvalue weighted by atomic mass is 32.1. The van der Waals surface area contributed by atoms with Crippen LogP contribution in [0, 0.1) is 0 Å². The Bertz CT molecular complexity index is 541. The molecule has 1 aromatic heterocycles. The van der Waals surface area contributed by atoms with Gasteiger partial charge in [0.15, 0.2) is 0 Å². The van der Waals surface area contributed by atoms with Crippen LogP contribution < -0.4 is 4.74 Å². The lowest BCUT2D eigenvalue weighted by atomic mass is 10.2. The zero-order valence-electron chi connectivity index (χ0n) is 9.37. The molecule has 5 nitrogen and oxygen atoms in total. The maximum absolute atomic E-state index is 10.7. The highest BCUT2D eigenvalue weighted by Gasteiger charge is 2.07. The van der Waals surface area contributed by atoms with Crippen LogP contribution in [0.5, 0.6) is 5.75 Å². The second-order valence-electron chi connectivity index (χ2n) is 3.47. The number of benzene rings is 1. The predicted molar refractivity (Wildman–Crippen MR) is 71.1 cm³/mol. The number of carboxylic acid groups (broad SMARTS) is 1. The van der Waals surface area contributed by atoms with E-state index in [4.69, 9.17) is 9.84 Å². The SMILES string of the molecule is O=C(O)c1ccc(OCc2snnc2CP)cc1. The number of nitrogens with zero attached hydrogens (tertiary/aromatic N) is 2. The van der Waals surface area contributed by atoms with E-state index >= 15 is 0 Å². The van der Waals surface area contributed by atoms with E-state index in [9.17, 15) is 4.79 Å². The van der Waals surface area contributed by atoms with Gasteiger partial charge in [0.25, 0.3) is 0 Å². The van der Waals surface area contributed by atoms with Crippen LogP contribution in [-0.2, 0) is 12.8 Å². The van der Waals surface area contributed by atoms with E-state index in [0.717, 1.165) is 16.7 Å². The van der Waals surface area contributed by atoms with Gasteiger partial charge in [0, 0.05) is 6.16 Å². The molecule has 0 aliphatic rings. The number of carbonyl (C=O) groups is 1. The monoisotopic (exact) mass is 282 g/mol. The summed E-state index contributed by atoms with van der Waals surface area (Å²) < 4.78 is 9.42. The molecular formula is C11H11N2O3PS. The zero-order chi connectivity index (χ0) is 13.0. The van der Waals surface area contributed by atoms with Crippen molar-refractivity contribution in [1.82, 2.24) is 9.59 Å². The van der Waals surface area contributed by atoms with Gasteiger partial charge in [0.05, 0.1) is 16.1 Å². The molecular weight excluding hydrogens is 271 g/mol. The zero-order valence-corrected chi connectivity index (χ0v) is 11.3. The molecule has 0 saturated carbocycles. The minimum Gasteiger partial charge on any atom is -0.488 e. The van der Waals surface area contributed by atoms with E-state index < -0.39 is 5.97 Å². The lowest BCUT2D eigenvalue weighted by Crippen LogP contribution is -1.98. The summed E-state index contributed by atoms with van der Waals surface area (Å²) in [4.78, 5) is 11.7. The van der Waals surface area contributed by atoms with E-state index in [1.807, 2.05) is 0 Å². The van der Waals surface area contributed by atoms with Crippen LogP contribution in [0.2, 0.25) is 0 Å². The van der Waals surface area contributed by atoms with Crippen molar-refractivity contribution in [3.8, 4) is 5.75 Å². The molecule has 0 aliphatic heterocycles. The van der Waals surface area contributed by atoms with Crippen molar-refractivity contribution in [3.63, 3.8) is 0 Å². The number of carboxylic acids is 1. The average Bonchev–Trinajstić information content (AvgIpc) is 2.84. The summed E-state index contributed by atoms with van der Waals surface area (Å²) in [7, 11) is 2.60. The number of aromatic nitrogens is 2. The van der Waals surface area contributed by atoms with Crippen molar-refractivity contribution in [1.29, 1.82) is 0 Å². The average molecular weight is 282 g/mol. The van der Waals surface area contributed by atoms with Crippen LogP contribution in [0.3, 0.4) is 0 Å². The summed E-state index contributed by atoms with van der Waals surface area (Å²) in [6.45, 7) is 0.397. The first kappa shape index (κ1) is 12.9. The summed E-state index contributed by atoms with van der Waals surface area (Å²) in [5.41, 5.74) is 1.15. The van der Waals surface area contributed by atoms with Gasteiger partial charge in [-0.2, -0.15) is 0 Å². The number of ether oxygens (including phenoxy) is 1. The molecule has 94 valence electrons. The molecule has 1 aromatic carbocycles. The minimum atomic E-state index is -0.946. The Kier molecular flexibility index (Phi) is 4.23. The standard InChI is InChI=1S/C11H11N2O3PS/c14-11(15)7-1-3-8(4-2-7)16-5-10-9(6-17)12-13-18-10/h1-4H,5-6,17H2,(H,14,15). The largest absolute Gasteiger partial charge is 0.488 e. The van der Waals surface area contributed by atoms with E-state index in [0.29, 0.717) is 12.4 Å². The van der Waals surface area contributed by atoms with Crippen LogP contribution in [0.15, 0.2) is 24.3 Å². The van der Waals surface area contributed by atoms with E-state index in [1.54, 1.807) is 12.1 Å². The van der Waals surface area contributed by atoms with Gasteiger partial charge in [-0.3, -0.25) is 0 Å². The predicted octanol–water partition coefficient (Wildman–Crippen LogP) is 2.19. The van der Waals surface area contributed by atoms with Crippen molar-refractivity contribution in [2.24, 2.45) is 0 Å². The Morgan fingerprint density at radius 2 is 2.11 bits per heavy atom. The van der Waals surface area contributed by atoms with Crippen LogP contribution in [-0.4, -0.2) is 20.7 Å². The highest BCUT2D eigenvalue weighted by Crippen LogP contribution is 2.18. The quantitative estimate of drug-likeness (QED) is 0.851. The van der Waals surface area contributed by atoms with Crippen molar-refractivity contribution >= 4 is 26.7 Å². The summed E-state index contributed by atoms with van der Waals surface area (Å²) >= 11 is 1.31. The normalized spacial score (nSPS) is 10.3. The molecule has 7 heteroatoms. The van der Waals surface area contributed by atoms with Gasteiger partial charge < -0.3 is 9.84 Å². The molecule has 0 amide bonds. The maximum Gasteiger partial charge on any atom is 0.335 e. The van der Waals surface area contributed by atoms with Crippen molar-refractivity contribution in [2.45, 2.75) is 12.8 Å². The number of hydrogen-bond donors (Lipinski definition) is 1. The first-order chi connectivity index (χ1) is 8.70. The maximum atomic E-state index is 10.7. The highest BCUT2D eigenvalue weighted by molar-refractivity contribution is 7.15. The van der Waals surface area contributed by atoms with E-state index in [2.05, 4.69) is 18.8 Å². The van der Waals surface area contributed by atoms with Gasteiger partial charge in [0.1, 0.15) is 12.4 Å². The minimum absolute atomic E-state index is 0.243. The lowest BCUT2D eigenvalue weighted by Gasteiger charge is -2.05. The molecule has 2 rings (SSSR count). The summed E-state index contributed by atoms with van der Waals surface area (Å²) in [5.74, 6) is -0.318. The van der Waals surface area contributed by atoms with E-state index in [-0.39, 0.29) is 5.56 Å². The van der Waals surface area contributed by atoms with Crippen LogP contribution in [0.25, 0.3) is 0 Å². The van der Waals surface area contributed by atoms with Gasteiger partial charge in [-0.05, 0) is 35.8 Å². The van der Waals surface area contributed by atoms with Crippen molar-refractivity contribution in [2.75, 3.05) is 0 Å². The van der Waals surface area contributed by atoms with Gasteiger partial charge >= 0.3 is 5.97 Å². The number of hydrogen-bond acceptors (Lipinski definition) is 5. The fourth-order valence-corrected chi connectivity index (χ4v) is 2.39. The van der Waals surface area contributed by atoms with Crippen LogP contribution in [0.1, 0.15) is 20.9 Å². The van der Waals surface area contributed by atoms with Crippen molar-refractivity contribution in [3.05, 3.63) is 40.4 Å². The Hall–Kier alpha value is -1.52. The number of aromatic carboxylic acids is 1. The van der Waals surface area contributed by atoms with E-state index in [1.165, 1.54) is 23.7 Å². The third kappa shape index (κ3) is 3.03. The summed E-state index contributed by atoms with van der Waals surface area (Å²) in [6.07, 6.45) is 0.743. The Morgan fingerprint density at radius 3 is 2.72 bits per heavy atom. The van der Waals surface area contributed by atoms with Crippen molar-refractivity contribution < 1.29 is 14.6 Å². The summed E-state index contributed by atoms with van der Waals surface area (Å²) in [5, 5.41) is 12.7. The second-order valence-corrected chi connectivity index (χ2v) is 4.71. The molecule has 1 N–H and O–H groups in total. The molecule has 2 aromatic rings. The summed E-state index contributed by atoms with van der Waals surface area (Å²) in [6, 6.07) is 6.30. The molecule has 0 bridgehead atoms. The third-order valence-electron chi connectivity index (χ3n) is 2.30. The molecule has 0 radical (unpaired) electrons. The first-order valence-corrected chi connectivity index (χ1v) is 6.76. The molecule has 0 aliphatic carbocycles. The smallest absolute Gasteiger partial charge is 0.335 e. The van der Waals surface area contributed by atoms with Crippen LogP contribution >= 0.6 is 20.8 Å². The van der Waals surface area contributed by atoms with Gasteiger partial charge in [-0.25, -0.2) is 4.79 Å². The Balaban J connectivity index is 2.00. The fraction of sp³-hybridized carbons (Fsp3) is 0.182. The Labute approximate surface area is 110 Å². The molecule has 0 spiro atoms. The second kappa shape index (κ2) is 5.89. The van der Waals surface area contributed by atoms with Gasteiger partial charge in [-0.15, -0.1) is 14.3 Å². The third-order valence-corrected chi connectivity index (χ3v) is 3.42.